The Morgan fingerprint density at radius 1 is 1.34 bits per heavy atom. The number of hydrogen-bond donors (Lipinski definition) is 4. The predicted molar refractivity (Wildman–Crippen MR) is 122 cm³/mol. The lowest BCUT2D eigenvalue weighted by molar-refractivity contribution is -0.170. The molecule has 5 rings (SSSR count). The quantitative estimate of drug-likeness (QED) is 0.413. The summed E-state index contributed by atoms with van der Waals surface area (Å²) in [4.78, 5) is 37.8. The van der Waals surface area contributed by atoms with E-state index in [-0.39, 0.29) is 6.04 Å². The van der Waals surface area contributed by atoms with Crippen LogP contribution in [0.25, 0.3) is 0 Å². The zero-order valence-corrected chi connectivity index (χ0v) is 19.9. The van der Waals surface area contributed by atoms with Gasteiger partial charge in [-0.25, -0.2) is 9.59 Å². The molecular formula is C25H30N2O8. The Morgan fingerprint density at radius 2 is 2.09 bits per heavy atom. The van der Waals surface area contributed by atoms with Crippen molar-refractivity contribution in [1.82, 2.24) is 10.2 Å². The van der Waals surface area contributed by atoms with Crippen LogP contribution in [0.15, 0.2) is 24.0 Å². The molecule has 2 bridgehead atoms. The fourth-order valence-corrected chi connectivity index (χ4v) is 6.41. The number of carbonyl (C=O) groups excluding carboxylic acids is 2. The number of aliphatic hydroxyl groups excluding tert-OH is 1. The summed E-state index contributed by atoms with van der Waals surface area (Å²) in [6, 6.07) is 2.93. The van der Waals surface area contributed by atoms with Gasteiger partial charge in [0.2, 0.25) is 5.91 Å². The smallest absolute Gasteiger partial charge is 0.333 e. The minimum Gasteiger partial charge on any atom is -0.481 e. The van der Waals surface area contributed by atoms with E-state index in [9.17, 15) is 24.6 Å². The van der Waals surface area contributed by atoms with Crippen LogP contribution in [0.4, 0.5) is 0 Å². The number of carboxylic acids is 1. The normalized spacial score (nSPS) is 32.0. The number of benzene rings is 1. The van der Waals surface area contributed by atoms with E-state index >= 15 is 0 Å². The maximum atomic E-state index is 12.9. The van der Waals surface area contributed by atoms with Crippen LogP contribution in [0.3, 0.4) is 0 Å². The first kappa shape index (κ1) is 23.8. The molecule has 4 N–H and O–H groups in total. The molecule has 10 heteroatoms. The molecule has 10 nitrogen and oxygen atoms in total. The van der Waals surface area contributed by atoms with Gasteiger partial charge in [-0.1, -0.05) is 12.1 Å². The van der Waals surface area contributed by atoms with E-state index in [1.165, 1.54) is 6.92 Å². The molecule has 188 valence electrons. The van der Waals surface area contributed by atoms with Crippen LogP contribution in [0.1, 0.15) is 42.9 Å². The molecule has 2 heterocycles. The Morgan fingerprint density at radius 3 is 2.80 bits per heavy atom. The third-order valence-electron chi connectivity index (χ3n) is 8.18. The molecule has 1 aromatic carbocycles. The van der Waals surface area contributed by atoms with Gasteiger partial charge in [-0.3, -0.25) is 4.79 Å². The van der Waals surface area contributed by atoms with Gasteiger partial charge in [0.15, 0.2) is 12.2 Å². The standard InChI is InChI=1S/C25H30N2O8/c1-12-4-5-14-10-17-25(33)7-6-16(21-24(25,8-9-27(17)3)19(14)20(12)35-21)34-23(32)13(2)26-18(29)11-15(28)22(30)31/h4-6,13,15,17,21,28,33H,7-11H2,1-3H3,(H,26,29)(H,30,31)/t13-,15-,17+,21-,24-,25+/m0/s1. The monoisotopic (exact) mass is 486 g/mol. The highest BCUT2D eigenvalue weighted by Crippen LogP contribution is 2.64. The van der Waals surface area contributed by atoms with Gasteiger partial charge in [0, 0.05) is 18.0 Å². The summed E-state index contributed by atoms with van der Waals surface area (Å²) in [5, 5.41) is 32.6. The lowest BCUT2D eigenvalue weighted by Crippen LogP contribution is -2.74. The number of aryl methyl sites for hydroxylation is 1. The van der Waals surface area contributed by atoms with Crippen LogP contribution in [0.5, 0.6) is 5.75 Å². The fourth-order valence-electron chi connectivity index (χ4n) is 6.41. The number of likely N-dealkylation sites (tertiary alicyclic amines) is 1. The predicted octanol–water partition coefficient (Wildman–Crippen LogP) is 0.156. The number of ether oxygens (including phenoxy) is 2. The number of likely N-dealkylation sites (N-methyl/N-ethyl adjacent to an activating group) is 1. The van der Waals surface area contributed by atoms with E-state index in [2.05, 4.69) is 16.3 Å². The average Bonchev–Trinajstić information content (AvgIpc) is 3.15. The Balaban J connectivity index is 1.42. The molecule has 2 aliphatic heterocycles. The molecule has 6 atom stereocenters. The second-order valence-corrected chi connectivity index (χ2v) is 10.2. The first-order valence-corrected chi connectivity index (χ1v) is 11.8. The van der Waals surface area contributed by atoms with Gasteiger partial charge in [-0.2, -0.15) is 0 Å². The number of rotatable bonds is 6. The number of nitrogens with one attached hydrogen (secondary N) is 1. The zero-order valence-electron chi connectivity index (χ0n) is 19.9. The maximum absolute atomic E-state index is 12.9. The number of amides is 1. The minimum absolute atomic E-state index is 0.101. The molecule has 35 heavy (non-hydrogen) atoms. The lowest BCUT2D eigenvalue weighted by atomic mass is 9.50. The minimum atomic E-state index is -1.86. The molecule has 1 saturated heterocycles. The number of esters is 1. The molecule has 4 aliphatic rings. The number of nitrogens with zero attached hydrogens (tertiary/aromatic N) is 1. The highest BCUT2D eigenvalue weighted by atomic mass is 16.6. The molecule has 1 fully saturated rings. The molecule has 0 aromatic heterocycles. The highest BCUT2D eigenvalue weighted by molar-refractivity contribution is 5.87. The number of carboxylic acid groups (broad SMARTS) is 1. The summed E-state index contributed by atoms with van der Waals surface area (Å²) < 4.78 is 12.2. The van der Waals surface area contributed by atoms with Crippen molar-refractivity contribution < 1.29 is 39.2 Å². The van der Waals surface area contributed by atoms with Gasteiger partial charge in [-0.15, -0.1) is 0 Å². The maximum Gasteiger partial charge on any atom is 0.333 e. The number of aliphatic hydroxyl groups is 2. The van der Waals surface area contributed by atoms with Crippen LogP contribution in [0.2, 0.25) is 0 Å². The Bertz CT molecular complexity index is 1150. The topological polar surface area (TPSA) is 146 Å². The Labute approximate surface area is 202 Å². The molecule has 0 radical (unpaired) electrons. The SMILES string of the molecule is Cc1ccc2c3c1O[C@H]1C(OC(=O)[C@H](C)NC(=O)C[C@H](O)C(=O)O)=CC[C@@]4(O)[C@@H](C2)N(C)CC[C@]314. The largest absolute Gasteiger partial charge is 0.481 e. The van der Waals surface area contributed by atoms with E-state index in [0.29, 0.717) is 25.0 Å². The third kappa shape index (κ3) is 3.30. The molecule has 2 aliphatic carbocycles. The van der Waals surface area contributed by atoms with Crippen LogP contribution >= 0.6 is 0 Å². The fraction of sp³-hybridized carbons (Fsp3) is 0.560. The summed E-state index contributed by atoms with van der Waals surface area (Å²) in [6.07, 6.45) is 0.130. The van der Waals surface area contributed by atoms with Crippen molar-refractivity contribution in [2.24, 2.45) is 0 Å². The molecular weight excluding hydrogens is 456 g/mol. The van der Waals surface area contributed by atoms with Crippen molar-refractivity contribution in [1.29, 1.82) is 0 Å². The van der Waals surface area contributed by atoms with Gasteiger partial charge in [0.25, 0.3) is 0 Å². The van der Waals surface area contributed by atoms with Crippen molar-refractivity contribution in [3.63, 3.8) is 0 Å². The number of carbonyl (C=O) groups is 3. The van der Waals surface area contributed by atoms with Gasteiger partial charge in [-0.05, 0) is 57.5 Å². The summed E-state index contributed by atoms with van der Waals surface area (Å²) in [7, 11) is 2.02. The van der Waals surface area contributed by atoms with E-state index in [4.69, 9.17) is 14.6 Å². The van der Waals surface area contributed by atoms with E-state index in [0.717, 1.165) is 29.0 Å². The van der Waals surface area contributed by atoms with Crippen molar-refractivity contribution in [3.05, 3.63) is 40.7 Å². The van der Waals surface area contributed by atoms with Crippen LogP contribution in [0, 0.1) is 6.92 Å². The summed E-state index contributed by atoms with van der Waals surface area (Å²) in [6.45, 7) is 4.14. The number of aliphatic carboxylic acids is 1. The molecule has 1 aromatic rings. The molecule has 1 spiro atoms. The van der Waals surface area contributed by atoms with Gasteiger partial charge >= 0.3 is 11.9 Å². The Hall–Kier alpha value is -2.95. The van der Waals surface area contributed by atoms with E-state index in [1.807, 2.05) is 20.0 Å². The van der Waals surface area contributed by atoms with Crippen molar-refractivity contribution in [2.45, 2.75) is 74.8 Å². The molecule has 1 amide bonds. The first-order chi connectivity index (χ1) is 16.5. The van der Waals surface area contributed by atoms with Gasteiger partial charge < -0.3 is 35.0 Å². The zero-order chi connectivity index (χ0) is 25.3. The summed E-state index contributed by atoms with van der Waals surface area (Å²) >= 11 is 0. The molecule has 0 saturated carbocycles. The number of hydrogen-bond acceptors (Lipinski definition) is 8. The second kappa shape index (κ2) is 8.04. The van der Waals surface area contributed by atoms with Gasteiger partial charge in [0.1, 0.15) is 17.6 Å². The van der Waals surface area contributed by atoms with Gasteiger partial charge in [0.05, 0.1) is 17.4 Å². The average molecular weight is 487 g/mol. The van der Waals surface area contributed by atoms with Crippen LogP contribution in [-0.2, 0) is 31.0 Å². The third-order valence-corrected chi connectivity index (χ3v) is 8.18. The van der Waals surface area contributed by atoms with Crippen molar-refractivity contribution in [3.8, 4) is 5.75 Å². The van der Waals surface area contributed by atoms with Crippen molar-refractivity contribution in [2.75, 3.05) is 13.6 Å². The summed E-state index contributed by atoms with van der Waals surface area (Å²) in [5.74, 6) is -2.01. The van der Waals surface area contributed by atoms with Crippen LogP contribution in [-0.4, -0.2) is 81.6 Å². The Kier molecular flexibility index (Phi) is 5.46. The lowest BCUT2D eigenvalue weighted by Gasteiger charge is -2.61. The highest BCUT2D eigenvalue weighted by Gasteiger charge is 2.71. The number of piperidine rings is 1. The van der Waals surface area contributed by atoms with E-state index < -0.39 is 53.5 Å². The van der Waals surface area contributed by atoms with Crippen molar-refractivity contribution >= 4 is 17.8 Å². The van der Waals surface area contributed by atoms with E-state index in [1.54, 1.807) is 6.08 Å². The summed E-state index contributed by atoms with van der Waals surface area (Å²) in [5.41, 5.74) is 1.27. The van der Waals surface area contributed by atoms with Crippen LogP contribution < -0.4 is 10.1 Å². The second-order valence-electron chi connectivity index (χ2n) is 10.2. The molecule has 0 unspecified atom stereocenters. The first-order valence-electron chi connectivity index (χ1n) is 11.8.